The molecule has 19 heavy (non-hydrogen) atoms. The minimum absolute atomic E-state index is 0.479. The number of carbonyl (C=O) groups excluding carboxylic acids is 1. The number of aliphatic hydroxyl groups excluding tert-OH is 1. The van der Waals surface area contributed by atoms with Gasteiger partial charge < -0.3 is 25.3 Å². The van der Waals surface area contributed by atoms with Gasteiger partial charge in [-0.2, -0.15) is 0 Å². The highest BCUT2D eigenvalue weighted by Crippen LogP contribution is 2.06. The average Bonchev–Trinajstić information content (AvgIpc) is 2.84. The first-order valence-electron chi connectivity index (χ1n) is 6.56. The van der Waals surface area contributed by atoms with Gasteiger partial charge in [0.1, 0.15) is 0 Å². The molecule has 2 unspecified atom stereocenters. The van der Waals surface area contributed by atoms with Crippen LogP contribution in [0.15, 0.2) is 0 Å². The Bertz CT molecular complexity index is 316. The number of rotatable bonds is 6. The lowest BCUT2D eigenvalue weighted by Gasteiger charge is -2.24. The third-order valence-corrected chi connectivity index (χ3v) is 3.32. The van der Waals surface area contributed by atoms with Crippen LogP contribution in [0.1, 0.15) is 19.8 Å². The fourth-order valence-electron chi connectivity index (χ4n) is 2.03. The summed E-state index contributed by atoms with van der Waals surface area (Å²) in [7, 11) is 1.62. The summed E-state index contributed by atoms with van der Waals surface area (Å²) in [5, 5.41) is 20.5. The lowest BCUT2D eigenvalue weighted by Crippen LogP contribution is -2.52. The topological polar surface area (TPSA) is 93.1 Å². The van der Waals surface area contributed by atoms with Crippen molar-refractivity contribution in [3.05, 3.63) is 0 Å². The number of hydrogen-bond donors (Lipinski definition) is 3. The van der Waals surface area contributed by atoms with Crippen LogP contribution < -0.4 is 5.32 Å². The number of likely N-dealkylation sites (tertiary alicyclic amines) is 1. The Hall–Kier alpha value is -1.34. The molecule has 1 aliphatic heterocycles. The summed E-state index contributed by atoms with van der Waals surface area (Å²) in [4.78, 5) is 26.4. The van der Waals surface area contributed by atoms with E-state index in [4.69, 9.17) is 5.11 Å². The Balaban J connectivity index is 2.36. The number of carboxylic acids is 1. The summed E-state index contributed by atoms with van der Waals surface area (Å²) in [6, 6.07) is -1.76. The van der Waals surface area contributed by atoms with E-state index in [9.17, 15) is 14.7 Å². The second-order valence-electron chi connectivity index (χ2n) is 4.98. The molecule has 0 saturated carbocycles. The standard InChI is InChI=1S/C12H23N3O4/c1-9(16)10(11(17)18)13-12(19)14(2)7-8-15-5-3-4-6-15/h9-10,16H,3-8H2,1-2H3,(H,13,19)(H,17,18). The number of nitrogens with one attached hydrogen (secondary N) is 1. The highest BCUT2D eigenvalue weighted by Gasteiger charge is 2.26. The van der Waals surface area contributed by atoms with Gasteiger partial charge in [0.25, 0.3) is 0 Å². The molecule has 1 rings (SSSR count). The molecule has 7 nitrogen and oxygen atoms in total. The van der Waals surface area contributed by atoms with Gasteiger partial charge in [-0.15, -0.1) is 0 Å². The van der Waals surface area contributed by atoms with E-state index in [1.54, 1.807) is 7.05 Å². The van der Waals surface area contributed by atoms with E-state index in [0.717, 1.165) is 19.6 Å². The molecule has 1 saturated heterocycles. The van der Waals surface area contributed by atoms with Crippen LogP contribution in [0, 0.1) is 0 Å². The summed E-state index contributed by atoms with van der Waals surface area (Å²) in [5.74, 6) is -1.24. The van der Waals surface area contributed by atoms with Crippen LogP contribution >= 0.6 is 0 Å². The van der Waals surface area contributed by atoms with Crippen LogP contribution in [-0.2, 0) is 4.79 Å². The SMILES string of the molecule is CC(O)C(NC(=O)N(C)CCN1CCCC1)C(=O)O. The molecule has 0 bridgehead atoms. The molecule has 1 heterocycles. The molecule has 3 N–H and O–H groups in total. The van der Waals surface area contributed by atoms with Crippen molar-refractivity contribution in [1.29, 1.82) is 0 Å². The van der Waals surface area contributed by atoms with Crippen molar-refractivity contribution in [2.75, 3.05) is 33.2 Å². The van der Waals surface area contributed by atoms with Gasteiger partial charge in [-0.05, 0) is 32.9 Å². The first-order chi connectivity index (χ1) is 8.91. The normalized spacial score (nSPS) is 18.9. The Kier molecular flexibility index (Phi) is 6.04. The second-order valence-corrected chi connectivity index (χ2v) is 4.98. The van der Waals surface area contributed by atoms with Crippen LogP contribution in [0.25, 0.3) is 0 Å². The maximum absolute atomic E-state index is 11.8. The first-order valence-corrected chi connectivity index (χ1v) is 6.56. The third-order valence-electron chi connectivity index (χ3n) is 3.32. The van der Waals surface area contributed by atoms with Crippen molar-refractivity contribution >= 4 is 12.0 Å². The minimum atomic E-state index is -1.28. The summed E-state index contributed by atoms with van der Waals surface area (Å²) < 4.78 is 0. The van der Waals surface area contributed by atoms with Crippen molar-refractivity contribution in [2.45, 2.75) is 31.9 Å². The molecule has 0 aromatic rings. The molecule has 2 atom stereocenters. The molecule has 1 aliphatic rings. The van der Waals surface area contributed by atoms with E-state index in [1.165, 1.54) is 24.7 Å². The Morgan fingerprint density at radius 2 is 1.95 bits per heavy atom. The predicted molar refractivity (Wildman–Crippen MR) is 69.9 cm³/mol. The number of carbonyl (C=O) groups is 2. The lowest BCUT2D eigenvalue weighted by molar-refractivity contribution is -0.141. The second kappa shape index (κ2) is 7.30. The molecule has 0 aromatic carbocycles. The van der Waals surface area contributed by atoms with E-state index >= 15 is 0 Å². The lowest BCUT2D eigenvalue weighted by atomic mass is 10.2. The molecule has 0 spiro atoms. The summed E-state index contributed by atoms with van der Waals surface area (Å²) >= 11 is 0. The molecule has 7 heteroatoms. The molecule has 1 fully saturated rings. The van der Waals surface area contributed by atoms with Gasteiger partial charge in [-0.1, -0.05) is 0 Å². The van der Waals surface area contributed by atoms with E-state index in [-0.39, 0.29) is 0 Å². The zero-order valence-electron chi connectivity index (χ0n) is 11.5. The van der Waals surface area contributed by atoms with Crippen LogP contribution in [0.5, 0.6) is 0 Å². The number of urea groups is 1. The van der Waals surface area contributed by atoms with E-state index in [0.29, 0.717) is 6.54 Å². The number of carboxylic acid groups (broad SMARTS) is 1. The number of hydrogen-bond acceptors (Lipinski definition) is 4. The monoisotopic (exact) mass is 273 g/mol. The zero-order chi connectivity index (χ0) is 14.4. The number of amides is 2. The van der Waals surface area contributed by atoms with E-state index in [2.05, 4.69) is 10.2 Å². The maximum atomic E-state index is 11.8. The molecule has 0 radical (unpaired) electrons. The fraction of sp³-hybridized carbons (Fsp3) is 0.833. The van der Waals surface area contributed by atoms with Crippen molar-refractivity contribution in [2.24, 2.45) is 0 Å². The quantitative estimate of drug-likeness (QED) is 0.610. The van der Waals surface area contributed by atoms with Crippen LogP contribution in [0.2, 0.25) is 0 Å². The molecule has 0 aromatic heterocycles. The first kappa shape index (κ1) is 15.7. The number of likely N-dealkylation sites (N-methyl/N-ethyl adjacent to an activating group) is 1. The van der Waals surface area contributed by atoms with Crippen LogP contribution in [0.3, 0.4) is 0 Å². The molecular formula is C12H23N3O4. The summed E-state index contributed by atoms with van der Waals surface area (Å²) in [5.41, 5.74) is 0. The van der Waals surface area contributed by atoms with Crippen LogP contribution in [-0.4, -0.2) is 77.4 Å². The fourth-order valence-corrected chi connectivity index (χ4v) is 2.03. The van der Waals surface area contributed by atoms with Gasteiger partial charge in [0, 0.05) is 20.1 Å². The van der Waals surface area contributed by atoms with Gasteiger partial charge in [0.05, 0.1) is 6.10 Å². The highest BCUT2D eigenvalue weighted by atomic mass is 16.4. The van der Waals surface area contributed by atoms with Gasteiger partial charge in [0.15, 0.2) is 6.04 Å². The van der Waals surface area contributed by atoms with Gasteiger partial charge in [0.2, 0.25) is 0 Å². The highest BCUT2D eigenvalue weighted by molar-refractivity contribution is 5.82. The predicted octanol–water partition coefficient (Wildman–Crippen LogP) is -0.442. The zero-order valence-corrected chi connectivity index (χ0v) is 11.5. The van der Waals surface area contributed by atoms with Gasteiger partial charge >= 0.3 is 12.0 Å². The Morgan fingerprint density at radius 1 is 1.37 bits per heavy atom. The van der Waals surface area contributed by atoms with E-state index in [1.807, 2.05) is 0 Å². The van der Waals surface area contributed by atoms with Crippen LogP contribution in [0.4, 0.5) is 4.79 Å². The Labute approximate surface area is 113 Å². The molecule has 2 amide bonds. The number of aliphatic carboxylic acids is 1. The average molecular weight is 273 g/mol. The minimum Gasteiger partial charge on any atom is -0.480 e. The third kappa shape index (κ3) is 5.04. The van der Waals surface area contributed by atoms with Gasteiger partial charge in [-0.25, -0.2) is 9.59 Å². The molecule has 110 valence electrons. The molecule has 0 aliphatic carbocycles. The Morgan fingerprint density at radius 3 is 2.42 bits per heavy atom. The molecular weight excluding hydrogens is 250 g/mol. The van der Waals surface area contributed by atoms with Crippen molar-refractivity contribution < 1.29 is 19.8 Å². The van der Waals surface area contributed by atoms with Crippen molar-refractivity contribution in [3.63, 3.8) is 0 Å². The maximum Gasteiger partial charge on any atom is 0.328 e. The van der Waals surface area contributed by atoms with Crippen molar-refractivity contribution in [3.8, 4) is 0 Å². The number of aliphatic hydroxyl groups is 1. The summed E-state index contributed by atoms with van der Waals surface area (Å²) in [6.45, 7) is 4.78. The smallest absolute Gasteiger partial charge is 0.328 e. The van der Waals surface area contributed by atoms with Gasteiger partial charge in [-0.3, -0.25) is 0 Å². The van der Waals surface area contributed by atoms with E-state index < -0.39 is 24.1 Å². The van der Waals surface area contributed by atoms with Crippen molar-refractivity contribution in [1.82, 2.24) is 15.1 Å². The summed E-state index contributed by atoms with van der Waals surface area (Å²) in [6.07, 6.45) is 1.26. The largest absolute Gasteiger partial charge is 0.480 e. The number of nitrogens with zero attached hydrogens (tertiary/aromatic N) is 2.